The lowest BCUT2D eigenvalue weighted by Crippen LogP contribution is -2.34. The Hall–Kier alpha value is -1.88. The standard InChI is InChI=1S/C17H16BrFN2O/c1-20-6-7-21(11-12-4-2-3-5-16(12)20)17(22)13-8-14(18)10-15(19)9-13/h2-5,8-10H,6-7,11H2,1H3. The summed E-state index contributed by atoms with van der Waals surface area (Å²) in [6, 6.07) is 12.3. The van der Waals surface area contributed by atoms with E-state index in [0.29, 0.717) is 23.1 Å². The third-order valence-electron chi connectivity index (χ3n) is 3.87. The van der Waals surface area contributed by atoms with Crippen LogP contribution in [0.4, 0.5) is 10.1 Å². The lowest BCUT2D eigenvalue weighted by molar-refractivity contribution is 0.0751. The Morgan fingerprint density at radius 3 is 2.73 bits per heavy atom. The molecule has 0 atom stereocenters. The Kier molecular flexibility index (Phi) is 4.16. The summed E-state index contributed by atoms with van der Waals surface area (Å²) >= 11 is 3.24. The van der Waals surface area contributed by atoms with Gasteiger partial charge in [0.05, 0.1) is 0 Å². The molecule has 0 aliphatic carbocycles. The van der Waals surface area contributed by atoms with Gasteiger partial charge in [-0.3, -0.25) is 4.79 Å². The van der Waals surface area contributed by atoms with E-state index in [1.807, 2.05) is 25.2 Å². The highest BCUT2D eigenvalue weighted by molar-refractivity contribution is 9.10. The number of carbonyl (C=O) groups excluding carboxylic acids is 1. The minimum absolute atomic E-state index is 0.148. The van der Waals surface area contributed by atoms with E-state index in [0.717, 1.165) is 17.8 Å². The summed E-state index contributed by atoms with van der Waals surface area (Å²) in [7, 11) is 2.02. The molecule has 0 bridgehead atoms. The maximum Gasteiger partial charge on any atom is 0.254 e. The monoisotopic (exact) mass is 362 g/mol. The average molecular weight is 363 g/mol. The molecule has 0 N–H and O–H groups in total. The molecule has 114 valence electrons. The Balaban J connectivity index is 1.91. The topological polar surface area (TPSA) is 23.6 Å². The fraction of sp³-hybridized carbons (Fsp3) is 0.235. The molecule has 0 saturated carbocycles. The Bertz CT molecular complexity index is 699. The van der Waals surface area contributed by atoms with Gasteiger partial charge in [0.25, 0.3) is 5.91 Å². The molecule has 22 heavy (non-hydrogen) atoms. The largest absolute Gasteiger partial charge is 0.373 e. The van der Waals surface area contributed by atoms with Crippen molar-refractivity contribution in [2.45, 2.75) is 6.54 Å². The van der Waals surface area contributed by atoms with Crippen LogP contribution >= 0.6 is 15.9 Å². The van der Waals surface area contributed by atoms with Crippen LogP contribution in [0.2, 0.25) is 0 Å². The number of benzene rings is 2. The lowest BCUT2D eigenvalue weighted by atomic mass is 10.1. The normalized spacial score (nSPS) is 14.5. The molecular formula is C17H16BrFN2O. The van der Waals surface area contributed by atoms with E-state index in [2.05, 4.69) is 26.9 Å². The molecule has 0 radical (unpaired) electrons. The summed E-state index contributed by atoms with van der Waals surface area (Å²) in [6.45, 7) is 1.89. The number of fused-ring (bicyclic) bond motifs is 1. The van der Waals surface area contributed by atoms with Gasteiger partial charge in [-0.1, -0.05) is 34.1 Å². The number of carbonyl (C=O) groups is 1. The highest BCUT2D eigenvalue weighted by Gasteiger charge is 2.22. The van der Waals surface area contributed by atoms with Gasteiger partial charge in [0.2, 0.25) is 0 Å². The van der Waals surface area contributed by atoms with Gasteiger partial charge in [0, 0.05) is 42.4 Å². The zero-order valence-corrected chi connectivity index (χ0v) is 13.8. The van der Waals surface area contributed by atoms with E-state index in [4.69, 9.17) is 0 Å². The zero-order valence-electron chi connectivity index (χ0n) is 12.2. The van der Waals surface area contributed by atoms with E-state index in [1.165, 1.54) is 12.1 Å². The van der Waals surface area contributed by atoms with Gasteiger partial charge in [0.1, 0.15) is 5.82 Å². The molecular weight excluding hydrogens is 347 g/mol. The first kappa shape index (κ1) is 15.0. The lowest BCUT2D eigenvalue weighted by Gasteiger charge is -2.21. The molecule has 1 aliphatic heterocycles. The molecule has 1 aliphatic rings. The van der Waals surface area contributed by atoms with Crippen molar-refractivity contribution >= 4 is 27.5 Å². The fourth-order valence-corrected chi connectivity index (χ4v) is 3.19. The van der Waals surface area contributed by atoms with Gasteiger partial charge in [-0.15, -0.1) is 0 Å². The second-order valence-corrected chi connectivity index (χ2v) is 6.35. The second-order valence-electron chi connectivity index (χ2n) is 5.44. The second kappa shape index (κ2) is 6.08. The molecule has 0 spiro atoms. The van der Waals surface area contributed by atoms with Crippen molar-refractivity contribution in [2.75, 3.05) is 25.0 Å². The van der Waals surface area contributed by atoms with Crippen molar-refractivity contribution in [3.63, 3.8) is 0 Å². The molecule has 0 fully saturated rings. The van der Waals surface area contributed by atoms with Crippen LogP contribution in [0.5, 0.6) is 0 Å². The number of anilines is 1. The van der Waals surface area contributed by atoms with E-state index < -0.39 is 5.82 Å². The molecule has 0 aromatic heterocycles. The quantitative estimate of drug-likeness (QED) is 0.772. The SMILES string of the molecule is CN1CCN(C(=O)c2cc(F)cc(Br)c2)Cc2ccccc21. The van der Waals surface area contributed by atoms with Crippen LogP contribution in [-0.2, 0) is 6.54 Å². The van der Waals surface area contributed by atoms with Gasteiger partial charge >= 0.3 is 0 Å². The number of rotatable bonds is 1. The van der Waals surface area contributed by atoms with Gasteiger partial charge in [-0.05, 0) is 29.8 Å². The third kappa shape index (κ3) is 2.99. The van der Waals surface area contributed by atoms with Crippen LogP contribution in [0.25, 0.3) is 0 Å². The van der Waals surface area contributed by atoms with Crippen LogP contribution in [0.3, 0.4) is 0 Å². The first-order valence-electron chi connectivity index (χ1n) is 7.09. The van der Waals surface area contributed by atoms with Crippen molar-refractivity contribution in [1.82, 2.24) is 4.90 Å². The summed E-state index contributed by atoms with van der Waals surface area (Å²) in [5.41, 5.74) is 2.61. The molecule has 2 aromatic carbocycles. The fourth-order valence-electron chi connectivity index (χ4n) is 2.73. The Morgan fingerprint density at radius 1 is 1.18 bits per heavy atom. The molecule has 0 saturated heterocycles. The predicted octanol–water partition coefficient (Wildman–Crippen LogP) is 3.68. The smallest absolute Gasteiger partial charge is 0.254 e. The van der Waals surface area contributed by atoms with E-state index in [9.17, 15) is 9.18 Å². The summed E-state index contributed by atoms with van der Waals surface area (Å²) < 4.78 is 14.1. The molecule has 2 aromatic rings. The molecule has 0 unspecified atom stereocenters. The van der Waals surface area contributed by atoms with Crippen molar-refractivity contribution in [3.05, 3.63) is 63.9 Å². The van der Waals surface area contributed by atoms with Crippen LogP contribution < -0.4 is 4.90 Å². The number of nitrogens with zero attached hydrogens (tertiary/aromatic N) is 2. The van der Waals surface area contributed by atoms with Crippen molar-refractivity contribution in [2.24, 2.45) is 0 Å². The zero-order chi connectivity index (χ0) is 15.7. The summed E-state index contributed by atoms with van der Waals surface area (Å²) in [5, 5.41) is 0. The average Bonchev–Trinajstić information content (AvgIpc) is 2.65. The maximum atomic E-state index is 13.5. The third-order valence-corrected chi connectivity index (χ3v) is 4.32. The van der Waals surface area contributed by atoms with Crippen LogP contribution in [0.1, 0.15) is 15.9 Å². The molecule has 1 amide bonds. The van der Waals surface area contributed by atoms with Crippen molar-refractivity contribution < 1.29 is 9.18 Å². The van der Waals surface area contributed by atoms with E-state index >= 15 is 0 Å². The number of amides is 1. The van der Waals surface area contributed by atoms with Gasteiger partial charge in [-0.2, -0.15) is 0 Å². The molecule has 3 nitrogen and oxygen atoms in total. The Morgan fingerprint density at radius 2 is 1.95 bits per heavy atom. The minimum Gasteiger partial charge on any atom is -0.373 e. The minimum atomic E-state index is -0.412. The van der Waals surface area contributed by atoms with Crippen molar-refractivity contribution in [1.29, 1.82) is 0 Å². The van der Waals surface area contributed by atoms with Crippen LogP contribution in [0.15, 0.2) is 46.9 Å². The first-order chi connectivity index (χ1) is 10.5. The van der Waals surface area contributed by atoms with Crippen LogP contribution in [-0.4, -0.2) is 30.9 Å². The molecule has 5 heteroatoms. The number of likely N-dealkylation sites (N-methyl/N-ethyl adjacent to an activating group) is 1. The van der Waals surface area contributed by atoms with Gasteiger partial charge < -0.3 is 9.80 Å². The summed E-state index contributed by atoms with van der Waals surface area (Å²) in [6.07, 6.45) is 0. The predicted molar refractivity (Wildman–Crippen MR) is 88.6 cm³/mol. The molecule has 1 heterocycles. The van der Waals surface area contributed by atoms with Crippen molar-refractivity contribution in [3.8, 4) is 0 Å². The number of para-hydroxylation sites is 1. The highest BCUT2D eigenvalue weighted by atomic mass is 79.9. The highest BCUT2D eigenvalue weighted by Crippen LogP contribution is 2.25. The number of hydrogen-bond acceptors (Lipinski definition) is 2. The maximum absolute atomic E-state index is 13.5. The number of hydrogen-bond donors (Lipinski definition) is 0. The van der Waals surface area contributed by atoms with E-state index in [1.54, 1.807) is 11.0 Å². The number of halogens is 2. The van der Waals surface area contributed by atoms with Gasteiger partial charge in [0.15, 0.2) is 0 Å². The van der Waals surface area contributed by atoms with Crippen LogP contribution in [0, 0.1) is 5.82 Å². The Labute approximate surface area is 137 Å². The molecule has 3 rings (SSSR count). The first-order valence-corrected chi connectivity index (χ1v) is 7.88. The summed E-state index contributed by atoms with van der Waals surface area (Å²) in [4.78, 5) is 16.6. The van der Waals surface area contributed by atoms with Gasteiger partial charge in [-0.25, -0.2) is 4.39 Å². The summed E-state index contributed by atoms with van der Waals surface area (Å²) in [5.74, 6) is -0.560. The van der Waals surface area contributed by atoms with E-state index in [-0.39, 0.29) is 5.91 Å².